The van der Waals surface area contributed by atoms with Crippen molar-refractivity contribution < 1.29 is 0 Å². The monoisotopic (exact) mass is 274 g/mol. The van der Waals surface area contributed by atoms with Crippen molar-refractivity contribution in [3.05, 3.63) is 72.3 Å². The zero-order valence-corrected chi connectivity index (χ0v) is 12.1. The lowest BCUT2D eigenvalue weighted by molar-refractivity contribution is 1.51. The smallest absolute Gasteiger partial charge is 0.0355 e. The molecule has 1 heterocycles. The predicted octanol–water partition coefficient (Wildman–Crippen LogP) is 6.03. The van der Waals surface area contributed by atoms with Gasteiger partial charge in [0.25, 0.3) is 0 Å². The van der Waals surface area contributed by atoms with Crippen LogP contribution in [0.1, 0.15) is 5.56 Å². The van der Waals surface area contributed by atoms with Gasteiger partial charge in [0.05, 0.1) is 0 Å². The first-order valence-corrected chi connectivity index (χ1v) is 7.61. The van der Waals surface area contributed by atoms with Gasteiger partial charge in [0, 0.05) is 9.58 Å². The molecule has 0 bridgehead atoms. The fourth-order valence-electron chi connectivity index (χ4n) is 2.64. The average Bonchev–Trinajstić information content (AvgIpc) is 2.90. The standard InChI is InChI=1S/C19H14S/c1-13-6-7-15-11-17(9-8-14(15)10-13)19-12-16-4-2-3-5-18(16)20-19/h2-12H,1H3. The summed E-state index contributed by atoms with van der Waals surface area (Å²) in [5, 5.41) is 3.96. The molecule has 1 aromatic heterocycles. The molecule has 0 fully saturated rings. The molecule has 20 heavy (non-hydrogen) atoms. The minimum Gasteiger partial charge on any atom is -0.135 e. The van der Waals surface area contributed by atoms with E-state index in [4.69, 9.17) is 0 Å². The van der Waals surface area contributed by atoms with E-state index in [0.717, 1.165) is 0 Å². The maximum absolute atomic E-state index is 2.29. The van der Waals surface area contributed by atoms with Crippen LogP contribution in [0.5, 0.6) is 0 Å². The number of hydrogen-bond acceptors (Lipinski definition) is 1. The SMILES string of the molecule is Cc1ccc2cc(-c3cc4ccccc4s3)ccc2c1. The molecule has 0 aliphatic heterocycles. The van der Waals surface area contributed by atoms with Crippen LogP contribution >= 0.6 is 11.3 Å². The summed E-state index contributed by atoms with van der Waals surface area (Å²) in [6, 6.07) is 24.2. The molecule has 0 saturated heterocycles. The Labute approximate surface area is 122 Å². The zero-order valence-electron chi connectivity index (χ0n) is 11.3. The Morgan fingerprint density at radius 3 is 2.40 bits per heavy atom. The fraction of sp³-hybridized carbons (Fsp3) is 0.0526. The van der Waals surface area contributed by atoms with Crippen molar-refractivity contribution in [2.75, 3.05) is 0 Å². The molecule has 0 radical (unpaired) electrons. The molecule has 96 valence electrons. The van der Waals surface area contributed by atoms with Gasteiger partial charge in [0.2, 0.25) is 0 Å². The van der Waals surface area contributed by atoms with Crippen molar-refractivity contribution in [2.24, 2.45) is 0 Å². The van der Waals surface area contributed by atoms with Crippen LogP contribution in [0, 0.1) is 6.92 Å². The third-order valence-electron chi connectivity index (χ3n) is 3.71. The molecule has 0 atom stereocenters. The second-order valence-electron chi connectivity index (χ2n) is 5.21. The summed E-state index contributed by atoms with van der Waals surface area (Å²) in [5.74, 6) is 0. The minimum atomic E-state index is 1.31. The highest BCUT2D eigenvalue weighted by Crippen LogP contribution is 2.34. The van der Waals surface area contributed by atoms with Gasteiger partial charge < -0.3 is 0 Å². The Hall–Kier alpha value is -2.12. The van der Waals surface area contributed by atoms with Crippen LogP contribution in [-0.4, -0.2) is 0 Å². The van der Waals surface area contributed by atoms with Crippen LogP contribution < -0.4 is 0 Å². The second kappa shape index (κ2) is 4.46. The Kier molecular flexibility index (Phi) is 2.61. The molecule has 4 aromatic rings. The quantitative estimate of drug-likeness (QED) is 0.397. The Morgan fingerprint density at radius 1 is 0.700 bits per heavy atom. The highest BCUT2D eigenvalue weighted by molar-refractivity contribution is 7.22. The summed E-state index contributed by atoms with van der Waals surface area (Å²) in [6.45, 7) is 2.14. The number of rotatable bonds is 1. The van der Waals surface area contributed by atoms with E-state index in [0.29, 0.717) is 0 Å². The molecule has 0 N–H and O–H groups in total. The maximum atomic E-state index is 2.29. The third-order valence-corrected chi connectivity index (χ3v) is 4.87. The summed E-state index contributed by atoms with van der Waals surface area (Å²) in [5.41, 5.74) is 2.62. The normalized spacial score (nSPS) is 11.2. The number of hydrogen-bond donors (Lipinski definition) is 0. The van der Waals surface area contributed by atoms with Gasteiger partial charge in [-0.2, -0.15) is 0 Å². The molecule has 0 aliphatic rings. The van der Waals surface area contributed by atoms with E-state index < -0.39 is 0 Å². The van der Waals surface area contributed by atoms with Gasteiger partial charge >= 0.3 is 0 Å². The highest BCUT2D eigenvalue weighted by Gasteiger charge is 2.04. The Balaban J connectivity index is 1.90. The van der Waals surface area contributed by atoms with Gasteiger partial charge in [0.1, 0.15) is 0 Å². The molecule has 3 aromatic carbocycles. The summed E-state index contributed by atoms with van der Waals surface area (Å²) in [6.07, 6.45) is 0. The summed E-state index contributed by atoms with van der Waals surface area (Å²) >= 11 is 1.86. The molecular formula is C19H14S. The van der Waals surface area contributed by atoms with Crippen molar-refractivity contribution in [3.8, 4) is 10.4 Å². The largest absolute Gasteiger partial charge is 0.135 e. The van der Waals surface area contributed by atoms with Crippen molar-refractivity contribution >= 4 is 32.2 Å². The highest BCUT2D eigenvalue weighted by atomic mass is 32.1. The van der Waals surface area contributed by atoms with Crippen LogP contribution in [0.2, 0.25) is 0 Å². The molecular weight excluding hydrogens is 260 g/mol. The van der Waals surface area contributed by atoms with Gasteiger partial charge in [-0.15, -0.1) is 11.3 Å². The number of thiophene rings is 1. The van der Waals surface area contributed by atoms with Crippen LogP contribution in [0.15, 0.2) is 66.7 Å². The molecule has 0 spiro atoms. The number of aryl methyl sites for hydroxylation is 1. The summed E-state index contributed by atoms with van der Waals surface area (Å²) in [7, 11) is 0. The van der Waals surface area contributed by atoms with E-state index in [2.05, 4.69) is 73.7 Å². The first-order chi connectivity index (χ1) is 9.79. The van der Waals surface area contributed by atoms with Crippen molar-refractivity contribution in [3.63, 3.8) is 0 Å². The van der Waals surface area contributed by atoms with Crippen molar-refractivity contribution in [2.45, 2.75) is 6.92 Å². The van der Waals surface area contributed by atoms with Gasteiger partial charge in [-0.25, -0.2) is 0 Å². The third kappa shape index (κ3) is 1.91. The molecule has 0 saturated carbocycles. The lowest BCUT2D eigenvalue weighted by Crippen LogP contribution is -1.77. The number of benzene rings is 3. The van der Waals surface area contributed by atoms with E-state index in [1.54, 1.807) is 0 Å². The lowest BCUT2D eigenvalue weighted by atomic mass is 10.0. The zero-order chi connectivity index (χ0) is 13.5. The van der Waals surface area contributed by atoms with Crippen molar-refractivity contribution in [1.82, 2.24) is 0 Å². The van der Waals surface area contributed by atoms with Gasteiger partial charge in [-0.3, -0.25) is 0 Å². The van der Waals surface area contributed by atoms with E-state index in [9.17, 15) is 0 Å². The van der Waals surface area contributed by atoms with Gasteiger partial charge in [-0.1, -0.05) is 54.1 Å². The molecule has 0 aliphatic carbocycles. The van der Waals surface area contributed by atoms with Crippen LogP contribution in [0.4, 0.5) is 0 Å². The Morgan fingerprint density at radius 2 is 1.50 bits per heavy atom. The van der Waals surface area contributed by atoms with E-state index in [1.165, 1.54) is 36.9 Å². The lowest BCUT2D eigenvalue weighted by Gasteiger charge is -2.02. The fourth-order valence-corrected chi connectivity index (χ4v) is 3.70. The first kappa shape index (κ1) is 11.7. The summed E-state index contributed by atoms with van der Waals surface area (Å²) in [4.78, 5) is 1.34. The van der Waals surface area contributed by atoms with E-state index >= 15 is 0 Å². The molecule has 0 unspecified atom stereocenters. The van der Waals surface area contributed by atoms with Crippen molar-refractivity contribution in [1.29, 1.82) is 0 Å². The van der Waals surface area contributed by atoms with Crippen LogP contribution in [0.3, 0.4) is 0 Å². The minimum absolute atomic E-state index is 1.31. The average molecular weight is 274 g/mol. The Bertz CT molecular complexity index is 882. The summed E-state index contributed by atoms with van der Waals surface area (Å²) < 4.78 is 1.35. The van der Waals surface area contributed by atoms with E-state index in [1.807, 2.05) is 11.3 Å². The molecule has 0 nitrogen and oxygen atoms in total. The molecule has 1 heteroatoms. The number of fused-ring (bicyclic) bond motifs is 2. The van der Waals surface area contributed by atoms with Crippen LogP contribution in [-0.2, 0) is 0 Å². The molecule has 4 rings (SSSR count). The second-order valence-corrected chi connectivity index (χ2v) is 6.30. The van der Waals surface area contributed by atoms with Crippen LogP contribution in [0.25, 0.3) is 31.3 Å². The predicted molar refractivity (Wildman–Crippen MR) is 89.5 cm³/mol. The van der Waals surface area contributed by atoms with E-state index in [-0.39, 0.29) is 0 Å². The van der Waals surface area contributed by atoms with Gasteiger partial charge in [0.15, 0.2) is 0 Å². The molecule has 0 amide bonds. The maximum Gasteiger partial charge on any atom is 0.0355 e. The first-order valence-electron chi connectivity index (χ1n) is 6.79. The topological polar surface area (TPSA) is 0 Å². The van der Waals surface area contributed by atoms with Gasteiger partial charge in [-0.05, 0) is 46.8 Å².